The van der Waals surface area contributed by atoms with Crippen LogP contribution >= 0.6 is 0 Å². The van der Waals surface area contributed by atoms with Crippen molar-refractivity contribution in [1.82, 2.24) is 0 Å². The maximum atomic E-state index is 5.95. The zero-order valence-corrected chi connectivity index (χ0v) is 9.30. The summed E-state index contributed by atoms with van der Waals surface area (Å²) in [6, 6.07) is 8.01. The molecule has 0 heterocycles. The highest BCUT2D eigenvalue weighted by molar-refractivity contribution is 5.27. The van der Waals surface area contributed by atoms with Crippen molar-refractivity contribution in [2.45, 2.75) is 37.6 Å². The van der Waals surface area contributed by atoms with Gasteiger partial charge in [-0.25, -0.2) is 0 Å². The third-order valence-corrected chi connectivity index (χ3v) is 3.03. The molecule has 0 spiro atoms. The van der Waals surface area contributed by atoms with Gasteiger partial charge in [-0.3, -0.25) is 0 Å². The van der Waals surface area contributed by atoms with Crippen LogP contribution in [0.4, 0.5) is 0 Å². The Balaban J connectivity index is 1.98. The van der Waals surface area contributed by atoms with Crippen LogP contribution in [-0.4, -0.2) is 18.2 Å². The van der Waals surface area contributed by atoms with Crippen molar-refractivity contribution in [1.29, 1.82) is 0 Å². The normalized spacial score (nSPS) is 29.3. The first-order valence-corrected chi connectivity index (χ1v) is 5.66. The van der Waals surface area contributed by atoms with Gasteiger partial charge < -0.3 is 21.9 Å². The molecular formula is C12H19N3O. The molecule has 0 aliphatic heterocycles. The van der Waals surface area contributed by atoms with Gasteiger partial charge in [0.15, 0.2) is 0 Å². The zero-order valence-electron chi connectivity index (χ0n) is 9.30. The zero-order chi connectivity index (χ0) is 11.5. The first-order chi connectivity index (χ1) is 7.69. The molecule has 0 radical (unpaired) electrons. The maximum absolute atomic E-state index is 5.95. The van der Waals surface area contributed by atoms with E-state index in [0.29, 0.717) is 6.54 Å². The Kier molecular flexibility index (Phi) is 3.43. The molecule has 0 saturated heterocycles. The number of hydrogen-bond acceptors (Lipinski definition) is 4. The molecule has 6 N–H and O–H groups in total. The number of nitrogens with two attached hydrogens (primary N) is 3. The van der Waals surface area contributed by atoms with Gasteiger partial charge in [-0.2, -0.15) is 0 Å². The molecule has 4 heteroatoms. The van der Waals surface area contributed by atoms with Crippen molar-refractivity contribution in [3.05, 3.63) is 29.8 Å². The van der Waals surface area contributed by atoms with E-state index in [0.717, 1.165) is 24.2 Å². The Morgan fingerprint density at radius 3 is 2.31 bits per heavy atom. The molecular weight excluding hydrogens is 202 g/mol. The molecule has 1 aromatic rings. The topological polar surface area (TPSA) is 87.3 Å². The van der Waals surface area contributed by atoms with Gasteiger partial charge in [0.1, 0.15) is 11.9 Å². The first kappa shape index (κ1) is 11.4. The summed E-state index contributed by atoms with van der Waals surface area (Å²) in [5.74, 6) is 0.840. The van der Waals surface area contributed by atoms with Crippen molar-refractivity contribution >= 4 is 0 Å². The van der Waals surface area contributed by atoms with E-state index in [2.05, 4.69) is 0 Å². The minimum atomic E-state index is 0.0405. The fraction of sp³-hybridized carbons (Fsp3) is 0.500. The van der Waals surface area contributed by atoms with E-state index in [9.17, 15) is 0 Å². The summed E-state index contributed by atoms with van der Waals surface area (Å²) >= 11 is 0. The molecule has 88 valence electrons. The third-order valence-electron chi connectivity index (χ3n) is 3.03. The standard InChI is InChI=1S/C12H19N3O/c13-7-8-1-3-10(4-2-8)16-12-6-9(14)5-11(12)15/h1-4,9,11-12H,5-7,13-15H2/t9-,11+,12+/m0/s1. The number of benzene rings is 1. The molecule has 2 rings (SSSR count). The van der Waals surface area contributed by atoms with Gasteiger partial charge in [0.05, 0.1) is 0 Å². The number of rotatable bonds is 3. The molecule has 0 bridgehead atoms. The van der Waals surface area contributed by atoms with Crippen LogP contribution in [0.15, 0.2) is 24.3 Å². The van der Waals surface area contributed by atoms with Crippen LogP contribution in [0, 0.1) is 0 Å². The first-order valence-electron chi connectivity index (χ1n) is 5.66. The third kappa shape index (κ3) is 2.52. The molecule has 3 atom stereocenters. The summed E-state index contributed by atoms with van der Waals surface area (Å²) in [6.07, 6.45) is 1.71. The lowest BCUT2D eigenvalue weighted by molar-refractivity contribution is 0.190. The molecule has 1 aliphatic carbocycles. The van der Waals surface area contributed by atoms with Crippen LogP contribution in [0.1, 0.15) is 18.4 Å². The van der Waals surface area contributed by atoms with Gasteiger partial charge in [0, 0.05) is 25.0 Å². The van der Waals surface area contributed by atoms with Crippen LogP contribution in [0.25, 0.3) is 0 Å². The van der Waals surface area contributed by atoms with Crippen LogP contribution in [0.5, 0.6) is 5.75 Å². The Labute approximate surface area is 95.7 Å². The van der Waals surface area contributed by atoms with Crippen molar-refractivity contribution in [2.24, 2.45) is 17.2 Å². The Morgan fingerprint density at radius 1 is 1.12 bits per heavy atom. The smallest absolute Gasteiger partial charge is 0.119 e. The van der Waals surface area contributed by atoms with E-state index >= 15 is 0 Å². The molecule has 16 heavy (non-hydrogen) atoms. The van der Waals surface area contributed by atoms with Crippen molar-refractivity contribution in [3.63, 3.8) is 0 Å². The molecule has 1 fully saturated rings. The quantitative estimate of drug-likeness (QED) is 0.687. The van der Waals surface area contributed by atoms with Gasteiger partial charge in [-0.15, -0.1) is 0 Å². The monoisotopic (exact) mass is 221 g/mol. The largest absolute Gasteiger partial charge is 0.489 e. The highest BCUT2D eigenvalue weighted by Gasteiger charge is 2.31. The molecule has 0 amide bonds. The lowest BCUT2D eigenvalue weighted by Gasteiger charge is -2.17. The van der Waals surface area contributed by atoms with Crippen LogP contribution in [0.2, 0.25) is 0 Å². The molecule has 4 nitrogen and oxygen atoms in total. The average Bonchev–Trinajstić information content (AvgIpc) is 2.59. The molecule has 0 unspecified atom stereocenters. The fourth-order valence-electron chi connectivity index (χ4n) is 2.09. The van der Waals surface area contributed by atoms with E-state index in [4.69, 9.17) is 21.9 Å². The summed E-state index contributed by atoms with van der Waals surface area (Å²) in [6.45, 7) is 0.550. The van der Waals surface area contributed by atoms with E-state index < -0.39 is 0 Å². The molecule has 1 aliphatic rings. The van der Waals surface area contributed by atoms with Crippen molar-refractivity contribution < 1.29 is 4.74 Å². The summed E-state index contributed by atoms with van der Waals surface area (Å²) < 4.78 is 5.81. The Morgan fingerprint density at radius 2 is 1.81 bits per heavy atom. The SMILES string of the molecule is NCc1ccc(O[C@@H]2C[C@@H](N)C[C@H]2N)cc1. The number of ether oxygens (including phenoxy) is 1. The van der Waals surface area contributed by atoms with Gasteiger partial charge in [0.25, 0.3) is 0 Å². The van der Waals surface area contributed by atoms with Gasteiger partial charge in [0.2, 0.25) is 0 Å². The summed E-state index contributed by atoms with van der Waals surface area (Å²) in [5, 5.41) is 0. The van der Waals surface area contributed by atoms with Crippen LogP contribution in [0.3, 0.4) is 0 Å². The second-order valence-electron chi connectivity index (χ2n) is 4.40. The van der Waals surface area contributed by atoms with Gasteiger partial charge >= 0.3 is 0 Å². The molecule has 1 aromatic carbocycles. The lowest BCUT2D eigenvalue weighted by atomic mass is 10.2. The Hall–Kier alpha value is -1.10. The summed E-state index contributed by atoms with van der Waals surface area (Å²) in [5.41, 5.74) is 18.4. The van der Waals surface area contributed by atoms with E-state index in [1.165, 1.54) is 0 Å². The summed E-state index contributed by atoms with van der Waals surface area (Å²) in [4.78, 5) is 0. The molecule has 1 saturated carbocycles. The predicted octanol–water partition coefficient (Wildman–Crippen LogP) is 0.341. The average molecular weight is 221 g/mol. The predicted molar refractivity (Wildman–Crippen MR) is 63.9 cm³/mol. The van der Waals surface area contributed by atoms with Gasteiger partial charge in [-0.05, 0) is 24.1 Å². The highest BCUT2D eigenvalue weighted by atomic mass is 16.5. The highest BCUT2D eigenvalue weighted by Crippen LogP contribution is 2.23. The van der Waals surface area contributed by atoms with Gasteiger partial charge in [-0.1, -0.05) is 12.1 Å². The van der Waals surface area contributed by atoms with E-state index in [1.54, 1.807) is 0 Å². The number of hydrogen-bond donors (Lipinski definition) is 3. The second-order valence-corrected chi connectivity index (χ2v) is 4.40. The van der Waals surface area contributed by atoms with Crippen molar-refractivity contribution in [3.8, 4) is 5.75 Å². The van der Waals surface area contributed by atoms with E-state index in [-0.39, 0.29) is 18.2 Å². The Bertz CT molecular complexity index is 339. The second kappa shape index (κ2) is 4.82. The van der Waals surface area contributed by atoms with E-state index in [1.807, 2.05) is 24.3 Å². The summed E-state index contributed by atoms with van der Waals surface area (Å²) in [7, 11) is 0. The minimum absolute atomic E-state index is 0.0405. The van der Waals surface area contributed by atoms with Crippen molar-refractivity contribution in [2.75, 3.05) is 0 Å². The maximum Gasteiger partial charge on any atom is 0.119 e. The molecule has 0 aromatic heterocycles. The minimum Gasteiger partial charge on any atom is -0.489 e. The lowest BCUT2D eigenvalue weighted by Crippen LogP contribution is -2.33. The van der Waals surface area contributed by atoms with Crippen LogP contribution in [-0.2, 0) is 6.54 Å². The van der Waals surface area contributed by atoms with Crippen LogP contribution < -0.4 is 21.9 Å². The fourth-order valence-corrected chi connectivity index (χ4v) is 2.09.